The van der Waals surface area contributed by atoms with Gasteiger partial charge in [0, 0.05) is 36.3 Å². The van der Waals surface area contributed by atoms with Crippen LogP contribution in [0.3, 0.4) is 0 Å². The van der Waals surface area contributed by atoms with E-state index in [1.807, 2.05) is 63.4 Å². The Bertz CT molecular complexity index is 1200. The van der Waals surface area contributed by atoms with Crippen molar-refractivity contribution in [2.45, 2.75) is 32.5 Å². The van der Waals surface area contributed by atoms with Gasteiger partial charge in [-0.3, -0.25) is 9.78 Å². The van der Waals surface area contributed by atoms with Gasteiger partial charge in [-0.25, -0.2) is 15.0 Å². The number of aryl methyl sites for hydroxylation is 3. The molecule has 0 radical (unpaired) electrons. The molecule has 4 rings (SSSR count). The van der Waals surface area contributed by atoms with Crippen molar-refractivity contribution in [1.29, 1.82) is 0 Å². The molecule has 32 heavy (non-hydrogen) atoms. The third kappa shape index (κ3) is 5.20. The highest BCUT2D eigenvalue weighted by Crippen LogP contribution is 2.30. The zero-order valence-electron chi connectivity index (χ0n) is 18.1. The Morgan fingerprint density at radius 1 is 1.00 bits per heavy atom. The molecule has 8 heteroatoms. The van der Waals surface area contributed by atoms with Crippen LogP contribution in [0.2, 0.25) is 0 Å². The van der Waals surface area contributed by atoms with Crippen LogP contribution in [-0.4, -0.2) is 31.6 Å². The molecule has 1 aromatic carbocycles. The molecule has 0 aliphatic carbocycles. The number of thioether (sulfide) groups is 1. The number of carbonyl (C=O) groups excluding carboxylic acids is 1. The van der Waals surface area contributed by atoms with E-state index in [9.17, 15) is 4.79 Å². The van der Waals surface area contributed by atoms with E-state index in [-0.39, 0.29) is 11.7 Å². The predicted molar refractivity (Wildman–Crippen MR) is 124 cm³/mol. The lowest BCUT2D eigenvalue weighted by Gasteiger charge is -2.11. The Labute approximate surface area is 190 Å². The summed E-state index contributed by atoms with van der Waals surface area (Å²) in [7, 11) is 0. The minimum absolute atomic E-state index is 0.0704. The fourth-order valence-corrected chi connectivity index (χ4v) is 3.84. The number of hydrogen-bond acceptors (Lipinski definition) is 7. The maximum atomic E-state index is 12.2. The first kappa shape index (κ1) is 21.7. The number of oxazole rings is 1. The molecule has 0 fully saturated rings. The Morgan fingerprint density at radius 3 is 2.44 bits per heavy atom. The van der Waals surface area contributed by atoms with Gasteiger partial charge < -0.3 is 9.73 Å². The summed E-state index contributed by atoms with van der Waals surface area (Å²) in [5.41, 5.74) is 5.67. The number of hydrogen-bond donors (Lipinski definition) is 1. The van der Waals surface area contributed by atoms with E-state index in [1.165, 1.54) is 11.8 Å². The van der Waals surface area contributed by atoms with Crippen LogP contribution in [-0.2, 0) is 11.3 Å². The monoisotopic (exact) mass is 445 g/mol. The number of rotatable bonds is 7. The molecule has 0 atom stereocenters. The fraction of sp³-hybridized carbons (Fsp3) is 0.208. The molecule has 3 heterocycles. The van der Waals surface area contributed by atoms with Crippen molar-refractivity contribution in [2.24, 2.45) is 0 Å². The number of pyridine rings is 1. The van der Waals surface area contributed by atoms with E-state index in [2.05, 4.69) is 25.3 Å². The van der Waals surface area contributed by atoms with Crippen LogP contribution >= 0.6 is 11.8 Å². The summed E-state index contributed by atoms with van der Waals surface area (Å²) in [4.78, 5) is 29.6. The quantitative estimate of drug-likeness (QED) is 0.418. The maximum Gasteiger partial charge on any atom is 0.256 e. The minimum atomic E-state index is -0.0704. The third-order valence-corrected chi connectivity index (χ3v) is 5.78. The van der Waals surface area contributed by atoms with E-state index in [0.29, 0.717) is 17.6 Å². The van der Waals surface area contributed by atoms with E-state index >= 15 is 0 Å². The molecule has 0 aliphatic rings. The third-order valence-electron chi connectivity index (χ3n) is 4.95. The standard InChI is InChI=1S/C24H23N5O2S/c1-15-16(2)31-24(28-15)32-14-22(30)27-12-18-4-6-20(7-5-18)23-21(13-26-17(3)29-23)19-8-10-25-11-9-19/h4-11,13H,12,14H2,1-3H3,(H,27,30). The normalized spacial score (nSPS) is 10.8. The molecule has 0 unspecified atom stereocenters. The van der Waals surface area contributed by atoms with E-state index in [0.717, 1.165) is 39.4 Å². The molecule has 3 aromatic heterocycles. The molecular weight excluding hydrogens is 422 g/mol. The van der Waals surface area contributed by atoms with Crippen molar-refractivity contribution in [3.8, 4) is 22.4 Å². The van der Waals surface area contributed by atoms with Crippen molar-refractivity contribution in [3.63, 3.8) is 0 Å². The lowest BCUT2D eigenvalue weighted by Crippen LogP contribution is -2.24. The van der Waals surface area contributed by atoms with Gasteiger partial charge in [0.15, 0.2) is 0 Å². The van der Waals surface area contributed by atoms with Gasteiger partial charge in [0.1, 0.15) is 11.6 Å². The van der Waals surface area contributed by atoms with Crippen molar-refractivity contribution in [3.05, 3.63) is 77.8 Å². The maximum absolute atomic E-state index is 12.2. The molecule has 0 saturated carbocycles. The average molecular weight is 446 g/mol. The van der Waals surface area contributed by atoms with Gasteiger partial charge in [0.05, 0.1) is 17.1 Å². The number of nitrogens with zero attached hydrogens (tertiary/aromatic N) is 4. The summed E-state index contributed by atoms with van der Waals surface area (Å²) in [6.45, 7) is 6.07. The number of benzene rings is 1. The summed E-state index contributed by atoms with van der Waals surface area (Å²) >= 11 is 1.29. The molecule has 0 saturated heterocycles. The zero-order chi connectivity index (χ0) is 22.5. The van der Waals surface area contributed by atoms with Crippen molar-refractivity contribution in [1.82, 2.24) is 25.3 Å². The van der Waals surface area contributed by atoms with Crippen LogP contribution in [0.4, 0.5) is 0 Å². The van der Waals surface area contributed by atoms with E-state index < -0.39 is 0 Å². The first-order valence-electron chi connectivity index (χ1n) is 10.2. The number of aromatic nitrogens is 4. The molecule has 0 bridgehead atoms. The van der Waals surface area contributed by atoms with Crippen LogP contribution in [0, 0.1) is 20.8 Å². The summed E-state index contributed by atoms with van der Waals surface area (Å²) < 4.78 is 5.49. The molecule has 4 aromatic rings. The lowest BCUT2D eigenvalue weighted by atomic mass is 10.0. The Balaban J connectivity index is 1.40. The van der Waals surface area contributed by atoms with Gasteiger partial charge in [-0.1, -0.05) is 36.0 Å². The summed E-state index contributed by atoms with van der Waals surface area (Å²) in [5.74, 6) is 1.67. The molecular formula is C24H23N5O2S. The highest BCUT2D eigenvalue weighted by molar-refractivity contribution is 7.99. The van der Waals surface area contributed by atoms with Crippen molar-refractivity contribution in [2.75, 3.05) is 5.75 Å². The second-order valence-corrected chi connectivity index (χ2v) is 8.23. The molecule has 1 amide bonds. The van der Waals surface area contributed by atoms with Gasteiger partial charge in [0.25, 0.3) is 5.22 Å². The van der Waals surface area contributed by atoms with Crippen LogP contribution in [0.1, 0.15) is 22.8 Å². The van der Waals surface area contributed by atoms with E-state index in [1.54, 1.807) is 12.4 Å². The van der Waals surface area contributed by atoms with Gasteiger partial charge >= 0.3 is 0 Å². The smallest absolute Gasteiger partial charge is 0.256 e. The molecule has 7 nitrogen and oxygen atoms in total. The fourth-order valence-electron chi connectivity index (χ4n) is 3.10. The summed E-state index contributed by atoms with van der Waals surface area (Å²) in [6.07, 6.45) is 5.36. The van der Waals surface area contributed by atoms with Crippen molar-refractivity contribution < 1.29 is 9.21 Å². The second-order valence-electron chi connectivity index (χ2n) is 7.30. The molecule has 162 valence electrons. The van der Waals surface area contributed by atoms with Gasteiger partial charge in [-0.05, 0) is 44.0 Å². The van der Waals surface area contributed by atoms with Crippen LogP contribution in [0.15, 0.2) is 64.6 Å². The highest BCUT2D eigenvalue weighted by atomic mass is 32.2. The van der Waals surface area contributed by atoms with Crippen LogP contribution in [0.5, 0.6) is 0 Å². The SMILES string of the molecule is Cc1ncc(-c2ccncc2)c(-c2ccc(CNC(=O)CSc3nc(C)c(C)o3)cc2)n1. The molecule has 0 aliphatic heterocycles. The molecule has 1 N–H and O–H groups in total. The van der Waals surface area contributed by atoms with E-state index in [4.69, 9.17) is 4.42 Å². The Hall–Kier alpha value is -3.52. The molecule has 0 spiro atoms. The first-order valence-corrected chi connectivity index (χ1v) is 11.1. The minimum Gasteiger partial charge on any atom is -0.437 e. The van der Waals surface area contributed by atoms with Gasteiger partial charge in [0.2, 0.25) is 5.91 Å². The zero-order valence-corrected chi connectivity index (χ0v) is 18.9. The number of carbonyl (C=O) groups is 1. The topological polar surface area (TPSA) is 93.8 Å². The Kier molecular flexibility index (Phi) is 6.61. The van der Waals surface area contributed by atoms with Gasteiger partial charge in [-0.15, -0.1) is 0 Å². The largest absolute Gasteiger partial charge is 0.437 e. The highest BCUT2D eigenvalue weighted by Gasteiger charge is 2.12. The van der Waals surface area contributed by atoms with Crippen LogP contribution in [0.25, 0.3) is 22.4 Å². The lowest BCUT2D eigenvalue weighted by molar-refractivity contribution is -0.118. The Morgan fingerprint density at radius 2 is 1.75 bits per heavy atom. The summed E-state index contributed by atoms with van der Waals surface area (Å²) in [5, 5.41) is 3.45. The van der Waals surface area contributed by atoms with Gasteiger partial charge in [-0.2, -0.15) is 0 Å². The van der Waals surface area contributed by atoms with Crippen LogP contribution < -0.4 is 5.32 Å². The summed E-state index contributed by atoms with van der Waals surface area (Å²) in [6, 6.07) is 11.9. The van der Waals surface area contributed by atoms with Crippen molar-refractivity contribution >= 4 is 17.7 Å². The second kappa shape index (κ2) is 9.74. The number of amides is 1. The number of nitrogens with one attached hydrogen (secondary N) is 1. The average Bonchev–Trinajstić information content (AvgIpc) is 3.14. The first-order chi connectivity index (χ1) is 15.5. The predicted octanol–water partition coefficient (Wildman–Crippen LogP) is 4.53.